The molecule has 4 heteroatoms. The number of hydrogen-bond donors (Lipinski definition) is 1. The summed E-state index contributed by atoms with van der Waals surface area (Å²) in [6.07, 6.45) is 5.51. The van der Waals surface area contributed by atoms with Crippen molar-refractivity contribution in [2.45, 2.75) is 31.8 Å². The van der Waals surface area contributed by atoms with Crippen LogP contribution in [0.3, 0.4) is 0 Å². The third-order valence-corrected chi connectivity index (χ3v) is 3.33. The number of nitrogens with one attached hydrogen (secondary N) is 1. The van der Waals surface area contributed by atoms with E-state index in [2.05, 4.69) is 10.3 Å². The summed E-state index contributed by atoms with van der Waals surface area (Å²) in [6.45, 7) is 1.45. The Bertz CT molecular complexity index is 470. The molecule has 2 aromatic rings. The number of aromatic nitrogens is 1. The summed E-state index contributed by atoms with van der Waals surface area (Å²) in [5, 5.41) is 3.16. The maximum atomic E-state index is 5.77. The van der Waals surface area contributed by atoms with Crippen molar-refractivity contribution in [3.63, 3.8) is 0 Å². The Morgan fingerprint density at radius 1 is 1.28 bits per heavy atom. The predicted molar refractivity (Wildman–Crippen MR) is 70.7 cm³/mol. The summed E-state index contributed by atoms with van der Waals surface area (Å²) in [5.41, 5.74) is 1.70. The molecule has 0 radical (unpaired) electrons. The molecule has 0 saturated heterocycles. The highest BCUT2D eigenvalue weighted by Crippen LogP contribution is 2.21. The lowest BCUT2D eigenvalue weighted by atomic mass is 10.3. The van der Waals surface area contributed by atoms with E-state index in [0.717, 1.165) is 17.6 Å². The van der Waals surface area contributed by atoms with Crippen LogP contribution in [0.4, 0.5) is 6.01 Å². The first-order chi connectivity index (χ1) is 8.92. The third kappa shape index (κ3) is 2.64. The number of anilines is 1. The van der Waals surface area contributed by atoms with Crippen molar-refractivity contribution in [2.75, 3.05) is 18.5 Å². The minimum atomic E-state index is 0.468. The molecule has 1 saturated carbocycles. The Hall–Kier alpha value is -1.55. The smallest absolute Gasteiger partial charge is 0.295 e. The van der Waals surface area contributed by atoms with Crippen molar-refractivity contribution >= 4 is 17.1 Å². The number of rotatable bonds is 5. The van der Waals surface area contributed by atoms with Crippen LogP contribution in [0, 0.1) is 0 Å². The molecule has 1 N–H and O–H groups in total. The highest BCUT2D eigenvalue weighted by molar-refractivity contribution is 5.74. The molecule has 96 valence electrons. The number of fused-ring (bicyclic) bond motifs is 1. The van der Waals surface area contributed by atoms with Gasteiger partial charge in [0, 0.05) is 6.54 Å². The maximum absolute atomic E-state index is 5.77. The molecule has 4 nitrogen and oxygen atoms in total. The van der Waals surface area contributed by atoms with Gasteiger partial charge in [0.2, 0.25) is 0 Å². The average molecular weight is 246 g/mol. The molecule has 1 fully saturated rings. The van der Waals surface area contributed by atoms with Gasteiger partial charge in [-0.1, -0.05) is 25.0 Å². The van der Waals surface area contributed by atoms with Gasteiger partial charge in [0.05, 0.1) is 12.7 Å². The number of oxazole rings is 1. The van der Waals surface area contributed by atoms with Gasteiger partial charge in [-0.3, -0.25) is 0 Å². The van der Waals surface area contributed by atoms with Crippen molar-refractivity contribution in [2.24, 2.45) is 0 Å². The molecule has 0 amide bonds. The zero-order chi connectivity index (χ0) is 12.2. The number of benzene rings is 1. The van der Waals surface area contributed by atoms with Crippen LogP contribution in [-0.2, 0) is 4.74 Å². The fraction of sp³-hybridized carbons (Fsp3) is 0.500. The highest BCUT2D eigenvalue weighted by atomic mass is 16.5. The van der Waals surface area contributed by atoms with Crippen LogP contribution in [0.25, 0.3) is 11.1 Å². The summed E-state index contributed by atoms with van der Waals surface area (Å²) in [5.74, 6) is 0. The van der Waals surface area contributed by atoms with Gasteiger partial charge in [-0.05, 0) is 25.0 Å². The Morgan fingerprint density at radius 2 is 2.11 bits per heavy atom. The minimum absolute atomic E-state index is 0.468. The number of para-hydroxylation sites is 2. The van der Waals surface area contributed by atoms with Gasteiger partial charge in [-0.25, -0.2) is 0 Å². The van der Waals surface area contributed by atoms with Crippen LogP contribution < -0.4 is 5.32 Å². The van der Waals surface area contributed by atoms with Crippen molar-refractivity contribution in [1.82, 2.24) is 4.98 Å². The fourth-order valence-electron chi connectivity index (χ4n) is 2.39. The van der Waals surface area contributed by atoms with Crippen LogP contribution in [0.15, 0.2) is 28.7 Å². The Labute approximate surface area is 106 Å². The standard InChI is InChI=1S/C14H18N2O2/c1-2-6-11(5-1)17-10-9-15-14-16-12-7-3-4-8-13(12)18-14/h3-4,7-8,11H,1-2,5-6,9-10H2,(H,15,16). The van der Waals surface area contributed by atoms with Gasteiger partial charge in [-0.2, -0.15) is 4.98 Å². The number of nitrogens with zero attached hydrogens (tertiary/aromatic N) is 1. The van der Waals surface area contributed by atoms with E-state index in [1.54, 1.807) is 0 Å². The average Bonchev–Trinajstić information content (AvgIpc) is 3.03. The molecule has 1 aliphatic rings. The molecular weight excluding hydrogens is 228 g/mol. The SMILES string of the molecule is c1ccc2oc(NCCOC3CCCC3)nc2c1. The second-order valence-electron chi connectivity index (χ2n) is 4.69. The number of ether oxygens (including phenoxy) is 1. The normalized spacial score (nSPS) is 16.4. The van der Waals surface area contributed by atoms with Crippen molar-refractivity contribution in [3.05, 3.63) is 24.3 Å². The molecule has 1 aromatic heterocycles. The summed E-state index contributed by atoms with van der Waals surface area (Å²) >= 11 is 0. The van der Waals surface area contributed by atoms with Crippen LogP contribution in [0.5, 0.6) is 0 Å². The van der Waals surface area contributed by atoms with E-state index in [4.69, 9.17) is 9.15 Å². The van der Waals surface area contributed by atoms with E-state index in [-0.39, 0.29) is 0 Å². The van der Waals surface area contributed by atoms with E-state index >= 15 is 0 Å². The highest BCUT2D eigenvalue weighted by Gasteiger charge is 2.14. The number of hydrogen-bond acceptors (Lipinski definition) is 4. The molecule has 0 bridgehead atoms. The van der Waals surface area contributed by atoms with Crippen molar-refractivity contribution in [3.8, 4) is 0 Å². The summed E-state index contributed by atoms with van der Waals surface area (Å²) < 4.78 is 11.3. The quantitative estimate of drug-likeness (QED) is 0.823. The second-order valence-corrected chi connectivity index (χ2v) is 4.69. The van der Waals surface area contributed by atoms with Crippen LogP contribution in [0.2, 0.25) is 0 Å². The molecule has 1 heterocycles. The van der Waals surface area contributed by atoms with Crippen LogP contribution in [-0.4, -0.2) is 24.2 Å². The maximum Gasteiger partial charge on any atom is 0.295 e. The summed E-state index contributed by atoms with van der Waals surface area (Å²) in [6, 6.07) is 8.34. The zero-order valence-corrected chi connectivity index (χ0v) is 10.4. The molecule has 1 aromatic carbocycles. The molecule has 3 rings (SSSR count). The molecule has 0 atom stereocenters. The van der Waals surface area contributed by atoms with Crippen LogP contribution in [0.1, 0.15) is 25.7 Å². The van der Waals surface area contributed by atoms with Crippen molar-refractivity contribution in [1.29, 1.82) is 0 Å². The Morgan fingerprint density at radius 3 is 2.94 bits per heavy atom. The Balaban J connectivity index is 1.47. The largest absolute Gasteiger partial charge is 0.424 e. The second kappa shape index (κ2) is 5.40. The van der Waals surface area contributed by atoms with Gasteiger partial charge in [0.25, 0.3) is 6.01 Å². The van der Waals surface area contributed by atoms with E-state index in [0.29, 0.717) is 18.7 Å². The molecule has 0 spiro atoms. The Kier molecular flexibility index (Phi) is 3.46. The van der Waals surface area contributed by atoms with E-state index in [1.165, 1.54) is 25.7 Å². The predicted octanol–water partition coefficient (Wildman–Crippen LogP) is 3.20. The fourth-order valence-corrected chi connectivity index (χ4v) is 2.39. The van der Waals surface area contributed by atoms with E-state index in [1.807, 2.05) is 24.3 Å². The lowest BCUT2D eigenvalue weighted by molar-refractivity contribution is 0.0657. The lowest BCUT2D eigenvalue weighted by Crippen LogP contribution is -2.15. The lowest BCUT2D eigenvalue weighted by Gasteiger charge is -2.10. The third-order valence-electron chi connectivity index (χ3n) is 3.33. The van der Waals surface area contributed by atoms with Crippen molar-refractivity contribution < 1.29 is 9.15 Å². The first-order valence-electron chi connectivity index (χ1n) is 6.63. The zero-order valence-electron chi connectivity index (χ0n) is 10.4. The molecule has 18 heavy (non-hydrogen) atoms. The minimum Gasteiger partial charge on any atom is -0.424 e. The monoisotopic (exact) mass is 246 g/mol. The molecular formula is C14H18N2O2. The van der Waals surface area contributed by atoms with Crippen LogP contribution >= 0.6 is 0 Å². The molecule has 0 unspecified atom stereocenters. The van der Waals surface area contributed by atoms with E-state index < -0.39 is 0 Å². The summed E-state index contributed by atoms with van der Waals surface area (Å²) in [4.78, 5) is 4.35. The first-order valence-corrected chi connectivity index (χ1v) is 6.63. The summed E-state index contributed by atoms with van der Waals surface area (Å²) in [7, 11) is 0. The molecule has 1 aliphatic carbocycles. The van der Waals surface area contributed by atoms with Gasteiger partial charge >= 0.3 is 0 Å². The van der Waals surface area contributed by atoms with Gasteiger partial charge in [0.15, 0.2) is 5.58 Å². The van der Waals surface area contributed by atoms with E-state index in [9.17, 15) is 0 Å². The van der Waals surface area contributed by atoms with Gasteiger partial charge in [0.1, 0.15) is 5.52 Å². The topological polar surface area (TPSA) is 47.3 Å². The van der Waals surface area contributed by atoms with Gasteiger partial charge < -0.3 is 14.5 Å². The van der Waals surface area contributed by atoms with Gasteiger partial charge in [-0.15, -0.1) is 0 Å². The molecule has 0 aliphatic heterocycles. The first kappa shape index (κ1) is 11.5.